The molecular formula is C25H41N7O6. The number of aliphatic hydroxyl groups excluding tert-OH is 1. The molecule has 0 aromatic heterocycles. The molecule has 3 amide bonds. The Kier molecular flexibility index (Phi) is 13.8. The number of carboxylic acid groups (broad SMARTS) is 1. The lowest BCUT2D eigenvalue weighted by Crippen LogP contribution is -2.60. The molecule has 0 aliphatic carbocycles. The highest BCUT2D eigenvalue weighted by Gasteiger charge is 2.32. The van der Waals surface area contributed by atoms with Gasteiger partial charge in [-0.3, -0.25) is 19.4 Å². The van der Waals surface area contributed by atoms with Gasteiger partial charge in [-0.15, -0.1) is 0 Å². The SMILES string of the molecule is CC(C)CC(NC(=O)C(NC(=O)C(N)CCCN=C(N)N)C(C)O)C(=O)NC(Cc1ccccc1)C(=O)O. The first-order chi connectivity index (χ1) is 17.8. The number of aliphatic hydroxyl groups is 1. The number of carboxylic acids is 1. The van der Waals surface area contributed by atoms with Crippen LogP contribution in [0.25, 0.3) is 0 Å². The Balaban J connectivity index is 2.89. The normalized spacial score (nSPS) is 14.9. The van der Waals surface area contributed by atoms with Gasteiger partial charge in [-0.1, -0.05) is 44.2 Å². The van der Waals surface area contributed by atoms with E-state index in [1.165, 1.54) is 6.92 Å². The standard InChI is InChI=1S/C25H41N7O6/c1-14(2)12-18(22(35)31-19(24(37)38)13-16-8-5-4-6-9-16)30-23(36)20(15(3)33)32-21(34)17(26)10-7-11-29-25(27)28/h4-6,8-9,14-15,17-20,33H,7,10-13,26H2,1-3H3,(H,30,36)(H,31,35)(H,32,34)(H,37,38)(H4,27,28,29). The number of rotatable bonds is 16. The minimum absolute atomic E-state index is 0.0401. The molecule has 0 bridgehead atoms. The van der Waals surface area contributed by atoms with E-state index in [1.54, 1.807) is 30.3 Å². The molecule has 13 heteroatoms. The third-order valence-electron chi connectivity index (χ3n) is 5.60. The van der Waals surface area contributed by atoms with Gasteiger partial charge in [0, 0.05) is 13.0 Å². The van der Waals surface area contributed by atoms with Gasteiger partial charge in [0.2, 0.25) is 17.7 Å². The monoisotopic (exact) mass is 535 g/mol. The molecule has 212 valence electrons. The molecule has 1 aromatic carbocycles. The Bertz CT molecular complexity index is 951. The number of nitrogens with one attached hydrogen (secondary N) is 3. The molecule has 5 unspecified atom stereocenters. The highest BCUT2D eigenvalue weighted by molar-refractivity contribution is 5.94. The van der Waals surface area contributed by atoms with E-state index in [4.69, 9.17) is 17.2 Å². The molecule has 11 N–H and O–H groups in total. The van der Waals surface area contributed by atoms with Crippen LogP contribution in [-0.4, -0.2) is 76.7 Å². The number of nitrogens with two attached hydrogens (primary N) is 3. The summed E-state index contributed by atoms with van der Waals surface area (Å²) in [4.78, 5) is 54.2. The number of carbonyl (C=O) groups excluding carboxylic acids is 3. The van der Waals surface area contributed by atoms with Gasteiger partial charge >= 0.3 is 5.97 Å². The van der Waals surface area contributed by atoms with Crippen LogP contribution in [0, 0.1) is 5.92 Å². The average Bonchev–Trinajstić information content (AvgIpc) is 2.83. The van der Waals surface area contributed by atoms with Gasteiger partial charge in [0.05, 0.1) is 12.1 Å². The van der Waals surface area contributed by atoms with E-state index in [-0.39, 0.29) is 37.7 Å². The number of hydrogen-bond donors (Lipinski definition) is 8. The summed E-state index contributed by atoms with van der Waals surface area (Å²) in [6, 6.07) is 4.11. The fourth-order valence-electron chi connectivity index (χ4n) is 3.60. The van der Waals surface area contributed by atoms with Crippen molar-refractivity contribution in [3.8, 4) is 0 Å². The minimum Gasteiger partial charge on any atom is -0.480 e. The maximum absolute atomic E-state index is 13.0. The average molecular weight is 536 g/mol. The molecule has 0 radical (unpaired) electrons. The largest absolute Gasteiger partial charge is 0.480 e. The van der Waals surface area contributed by atoms with Crippen molar-refractivity contribution in [3.63, 3.8) is 0 Å². The fourth-order valence-corrected chi connectivity index (χ4v) is 3.60. The Morgan fingerprint density at radius 3 is 2.05 bits per heavy atom. The summed E-state index contributed by atoms with van der Waals surface area (Å²) in [5, 5.41) is 27.2. The van der Waals surface area contributed by atoms with Crippen molar-refractivity contribution in [1.82, 2.24) is 16.0 Å². The number of guanidine groups is 1. The minimum atomic E-state index is -1.40. The Morgan fingerprint density at radius 1 is 0.921 bits per heavy atom. The summed E-state index contributed by atoms with van der Waals surface area (Å²) >= 11 is 0. The fraction of sp³-hybridized carbons (Fsp3) is 0.560. The van der Waals surface area contributed by atoms with Crippen molar-refractivity contribution < 1.29 is 29.4 Å². The molecule has 13 nitrogen and oxygen atoms in total. The molecule has 1 aromatic rings. The van der Waals surface area contributed by atoms with E-state index in [0.29, 0.717) is 6.42 Å². The summed E-state index contributed by atoms with van der Waals surface area (Å²) in [5.74, 6) is -3.52. The topological polar surface area (TPSA) is 235 Å². The Labute approximate surface area is 222 Å². The molecule has 0 aliphatic rings. The molecule has 38 heavy (non-hydrogen) atoms. The van der Waals surface area contributed by atoms with Crippen molar-refractivity contribution in [3.05, 3.63) is 35.9 Å². The van der Waals surface area contributed by atoms with E-state index < -0.39 is 54.0 Å². The number of aliphatic carboxylic acids is 1. The zero-order valence-corrected chi connectivity index (χ0v) is 22.1. The first-order valence-corrected chi connectivity index (χ1v) is 12.5. The molecule has 0 aliphatic heterocycles. The van der Waals surface area contributed by atoms with Crippen LogP contribution in [-0.2, 0) is 25.6 Å². The van der Waals surface area contributed by atoms with E-state index in [1.807, 2.05) is 13.8 Å². The summed E-state index contributed by atoms with van der Waals surface area (Å²) in [7, 11) is 0. The van der Waals surface area contributed by atoms with Gasteiger partial charge in [0.1, 0.15) is 18.1 Å². The Hall–Kier alpha value is -3.71. The number of aliphatic imine (C=N–C) groups is 1. The predicted octanol–water partition coefficient (Wildman–Crippen LogP) is -1.42. The van der Waals surface area contributed by atoms with Crippen molar-refractivity contribution in [1.29, 1.82) is 0 Å². The number of nitrogens with zero attached hydrogens (tertiary/aromatic N) is 1. The van der Waals surface area contributed by atoms with Gasteiger partial charge in [0.25, 0.3) is 0 Å². The molecule has 0 saturated carbocycles. The molecule has 1 rings (SSSR count). The van der Waals surface area contributed by atoms with Crippen molar-refractivity contribution in [2.75, 3.05) is 6.54 Å². The van der Waals surface area contributed by atoms with E-state index >= 15 is 0 Å². The second kappa shape index (κ2) is 16.2. The van der Waals surface area contributed by atoms with Crippen molar-refractivity contribution in [2.24, 2.45) is 28.1 Å². The zero-order valence-electron chi connectivity index (χ0n) is 22.1. The van der Waals surface area contributed by atoms with Crippen LogP contribution in [0.4, 0.5) is 0 Å². The first kappa shape index (κ1) is 32.3. The molecule has 0 fully saturated rings. The van der Waals surface area contributed by atoms with Gasteiger partial charge in [-0.05, 0) is 37.7 Å². The lowest BCUT2D eigenvalue weighted by atomic mass is 10.0. The van der Waals surface area contributed by atoms with Crippen molar-refractivity contribution >= 4 is 29.7 Å². The second-order valence-corrected chi connectivity index (χ2v) is 9.56. The first-order valence-electron chi connectivity index (χ1n) is 12.5. The smallest absolute Gasteiger partial charge is 0.326 e. The lowest BCUT2D eigenvalue weighted by molar-refractivity contribution is -0.142. The van der Waals surface area contributed by atoms with Gasteiger partial charge < -0.3 is 43.4 Å². The van der Waals surface area contributed by atoms with Crippen LogP contribution in [0.2, 0.25) is 0 Å². The lowest BCUT2D eigenvalue weighted by Gasteiger charge is -2.27. The number of carbonyl (C=O) groups is 4. The third kappa shape index (κ3) is 12.0. The molecule has 0 heterocycles. The molecule has 5 atom stereocenters. The van der Waals surface area contributed by atoms with Crippen LogP contribution in [0.5, 0.6) is 0 Å². The van der Waals surface area contributed by atoms with Crippen LogP contribution >= 0.6 is 0 Å². The quantitative estimate of drug-likeness (QED) is 0.0703. The number of hydrogen-bond acceptors (Lipinski definition) is 7. The van der Waals surface area contributed by atoms with Gasteiger partial charge in [-0.2, -0.15) is 0 Å². The second-order valence-electron chi connectivity index (χ2n) is 9.56. The highest BCUT2D eigenvalue weighted by atomic mass is 16.4. The number of amides is 3. The van der Waals surface area contributed by atoms with Crippen LogP contribution in [0.3, 0.4) is 0 Å². The van der Waals surface area contributed by atoms with Crippen LogP contribution in [0.15, 0.2) is 35.3 Å². The molecule has 0 spiro atoms. The van der Waals surface area contributed by atoms with Crippen molar-refractivity contribution in [2.45, 2.75) is 76.7 Å². The molecule has 0 saturated heterocycles. The van der Waals surface area contributed by atoms with E-state index in [2.05, 4.69) is 20.9 Å². The van der Waals surface area contributed by atoms with Gasteiger partial charge in [-0.25, -0.2) is 4.79 Å². The van der Waals surface area contributed by atoms with Gasteiger partial charge in [0.15, 0.2) is 5.96 Å². The zero-order chi connectivity index (χ0) is 28.8. The summed E-state index contributed by atoms with van der Waals surface area (Å²) in [5.41, 5.74) is 17.1. The van der Waals surface area contributed by atoms with E-state index in [0.717, 1.165) is 5.56 Å². The predicted molar refractivity (Wildman–Crippen MR) is 143 cm³/mol. The van der Waals surface area contributed by atoms with Crippen LogP contribution < -0.4 is 33.2 Å². The summed E-state index contributed by atoms with van der Waals surface area (Å²) < 4.78 is 0. The molecular weight excluding hydrogens is 494 g/mol. The number of benzene rings is 1. The third-order valence-corrected chi connectivity index (χ3v) is 5.60. The summed E-state index contributed by atoms with van der Waals surface area (Å²) in [6.45, 7) is 5.25. The maximum atomic E-state index is 13.0. The van der Waals surface area contributed by atoms with Crippen LogP contribution in [0.1, 0.15) is 45.6 Å². The highest BCUT2D eigenvalue weighted by Crippen LogP contribution is 2.09. The van der Waals surface area contributed by atoms with E-state index in [9.17, 15) is 29.4 Å². The maximum Gasteiger partial charge on any atom is 0.326 e. The Morgan fingerprint density at radius 2 is 1.53 bits per heavy atom. The summed E-state index contributed by atoms with van der Waals surface area (Å²) in [6.07, 6.45) is -0.409.